The van der Waals surface area contributed by atoms with E-state index in [1.54, 1.807) is 0 Å². The lowest BCUT2D eigenvalue weighted by molar-refractivity contribution is 0.590. The molecule has 268 valence electrons. The second kappa shape index (κ2) is 15.5. The van der Waals surface area contributed by atoms with Gasteiger partial charge < -0.3 is 9.80 Å². The fourth-order valence-corrected chi connectivity index (χ4v) is 6.79. The molecule has 0 radical (unpaired) electrons. The van der Waals surface area contributed by atoms with Crippen LogP contribution in [0.2, 0.25) is 0 Å². The van der Waals surface area contributed by atoms with Gasteiger partial charge in [0.25, 0.3) is 0 Å². The summed E-state index contributed by atoms with van der Waals surface area (Å²) in [5.41, 5.74) is 14.4. The highest BCUT2D eigenvalue weighted by atomic mass is 15.1. The van der Waals surface area contributed by atoms with E-state index in [1.807, 2.05) is 0 Å². The van der Waals surface area contributed by atoms with Gasteiger partial charge in [-0.2, -0.15) is 0 Å². The molecule has 0 saturated heterocycles. The van der Waals surface area contributed by atoms with E-state index in [1.165, 1.54) is 27.8 Å². The molecule has 7 aromatic rings. The Morgan fingerprint density at radius 1 is 0.296 bits per heavy atom. The highest BCUT2D eigenvalue weighted by Gasteiger charge is 2.19. The van der Waals surface area contributed by atoms with E-state index in [0.29, 0.717) is 0 Å². The minimum atomic E-state index is 0.101. The van der Waals surface area contributed by atoms with Gasteiger partial charge in [0.2, 0.25) is 0 Å². The van der Waals surface area contributed by atoms with Crippen LogP contribution in [-0.2, 0) is 10.8 Å². The van der Waals surface area contributed by atoms with Crippen molar-refractivity contribution in [3.05, 3.63) is 204 Å². The largest absolute Gasteiger partial charge is 0.311 e. The van der Waals surface area contributed by atoms with Gasteiger partial charge in [-0.15, -0.1) is 0 Å². The molecular formula is C52H50N2. The van der Waals surface area contributed by atoms with Crippen LogP contribution < -0.4 is 9.80 Å². The molecule has 0 aliphatic rings. The summed E-state index contributed by atoms with van der Waals surface area (Å²) in [6, 6.07) is 65.5. The van der Waals surface area contributed by atoms with Crippen LogP contribution in [0.25, 0.3) is 23.3 Å². The molecule has 2 heteroatoms. The molecule has 0 saturated carbocycles. The molecule has 0 amide bonds. The predicted octanol–water partition coefficient (Wildman–Crippen LogP) is 15.1. The first kappa shape index (κ1) is 36.2. The van der Waals surface area contributed by atoms with Crippen LogP contribution in [0.5, 0.6) is 0 Å². The van der Waals surface area contributed by atoms with Gasteiger partial charge >= 0.3 is 0 Å². The van der Waals surface area contributed by atoms with Crippen molar-refractivity contribution >= 4 is 46.3 Å². The van der Waals surface area contributed by atoms with E-state index >= 15 is 0 Å². The number of rotatable bonds is 9. The molecule has 7 rings (SSSR count). The molecule has 0 fully saturated rings. The summed E-state index contributed by atoms with van der Waals surface area (Å²) in [5, 5.41) is 0. The van der Waals surface area contributed by atoms with Gasteiger partial charge in [-0.1, -0.05) is 163 Å². The standard InChI is InChI=1S/C52H50N2/c1-51(2,3)43-27-35-49(36-28-43)54(50-37-29-44(30-38-50)52(4,5)6)48-33-25-42(26-34-48)41-23-19-39(20-24-41)17-18-40-21-31-47(32-22-40)53(45-13-9-7-10-14-45)46-15-11-8-12-16-46/h7-38H,1-6H3. The zero-order valence-electron chi connectivity index (χ0n) is 32.4. The van der Waals surface area contributed by atoms with Gasteiger partial charge in [0.1, 0.15) is 0 Å². The third kappa shape index (κ3) is 8.40. The summed E-state index contributed by atoms with van der Waals surface area (Å²) >= 11 is 0. The molecule has 0 bridgehead atoms. The summed E-state index contributed by atoms with van der Waals surface area (Å²) in [6.07, 6.45) is 4.36. The summed E-state index contributed by atoms with van der Waals surface area (Å²) in [7, 11) is 0. The van der Waals surface area contributed by atoms with Crippen LogP contribution >= 0.6 is 0 Å². The molecule has 0 atom stereocenters. The summed E-state index contributed by atoms with van der Waals surface area (Å²) < 4.78 is 0. The Balaban J connectivity index is 1.08. The first-order valence-corrected chi connectivity index (χ1v) is 18.9. The van der Waals surface area contributed by atoms with Crippen molar-refractivity contribution in [3.8, 4) is 11.1 Å². The van der Waals surface area contributed by atoms with Crippen LogP contribution in [0, 0.1) is 0 Å². The summed E-state index contributed by atoms with van der Waals surface area (Å²) in [4.78, 5) is 4.63. The second-order valence-electron chi connectivity index (χ2n) is 16.0. The van der Waals surface area contributed by atoms with Gasteiger partial charge in [0, 0.05) is 34.1 Å². The maximum absolute atomic E-state index is 2.35. The van der Waals surface area contributed by atoms with Crippen LogP contribution in [-0.4, -0.2) is 0 Å². The zero-order chi connectivity index (χ0) is 37.7. The van der Waals surface area contributed by atoms with E-state index in [-0.39, 0.29) is 10.8 Å². The van der Waals surface area contributed by atoms with Gasteiger partial charge in [-0.25, -0.2) is 0 Å². The van der Waals surface area contributed by atoms with Crippen molar-refractivity contribution in [2.45, 2.75) is 52.4 Å². The van der Waals surface area contributed by atoms with Crippen molar-refractivity contribution in [2.75, 3.05) is 9.80 Å². The number of hydrogen-bond donors (Lipinski definition) is 0. The van der Waals surface area contributed by atoms with Gasteiger partial charge in [-0.3, -0.25) is 0 Å². The molecule has 54 heavy (non-hydrogen) atoms. The van der Waals surface area contributed by atoms with Gasteiger partial charge in [0.05, 0.1) is 0 Å². The van der Waals surface area contributed by atoms with E-state index in [9.17, 15) is 0 Å². The van der Waals surface area contributed by atoms with Crippen molar-refractivity contribution in [1.82, 2.24) is 0 Å². The monoisotopic (exact) mass is 702 g/mol. The molecule has 0 N–H and O–H groups in total. The molecule has 0 aliphatic carbocycles. The van der Waals surface area contributed by atoms with Gasteiger partial charge in [-0.05, 0) is 117 Å². The maximum atomic E-state index is 2.35. The molecular weight excluding hydrogens is 653 g/mol. The van der Waals surface area contributed by atoms with Gasteiger partial charge in [0.15, 0.2) is 0 Å². The summed E-state index contributed by atoms with van der Waals surface area (Å²) in [6.45, 7) is 13.6. The third-order valence-corrected chi connectivity index (χ3v) is 10.0. The lowest BCUT2D eigenvalue weighted by atomic mass is 9.86. The average molecular weight is 703 g/mol. The average Bonchev–Trinajstić information content (AvgIpc) is 3.19. The first-order valence-electron chi connectivity index (χ1n) is 18.9. The lowest BCUT2D eigenvalue weighted by Gasteiger charge is -2.28. The summed E-state index contributed by atoms with van der Waals surface area (Å²) in [5.74, 6) is 0. The Bertz CT molecular complexity index is 2170. The molecule has 0 aromatic heterocycles. The highest BCUT2D eigenvalue weighted by Crippen LogP contribution is 2.38. The Labute approximate surface area is 322 Å². The number of benzene rings is 7. The van der Waals surface area contributed by atoms with Crippen LogP contribution in [0.1, 0.15) is 63.8 Å². The smallest absolute Gasteiger partial charge is 0.0462 e. The quantitative estimate of drug-likeness (QED) is 0.138. The van der Waals surface area contributed by atoms with Crippen molar-refractivity contribution in [3.63, 3.8) is 0 Å². The van der Waals surface area contributed by atoms with Crippen LogP contribution in [0.4, 0.5) is 34.1 Å². The minimum Gasteiger partial charge on any atom is -0.311 e. The molecule has 0 heterocycles. The SMILES string of the molecule is CC(C)(C)c1ccc(N(c2ccc(-c3ccc(C=Cc4ccc(N(c5ccccc5)c5ccccc5)cc4)cc3)cc2)c2ccc(C(C)(C)C)cc2)cc1. The molecule has 0 unspecified atom stereocenters. The molecule has 2 nitrogen and oxygen atoms in total. The number of hydrogen-bond acceptors (Lipinski definition) is 2. The highest BCUT2D eigenvalue weighted by molar-refractivity contribution is 5.80. The lowest BCUT2D eigenvalue weighted by Crippen LogP contribution is -2.14. The normalized spacial score (nSPS) is 11.8. The molecule has 0 aliphatic heterocycles. The second-order valence-corrected chi connectivity index (χ2v) is 16.0. The Morgan fingerprint density at radius 2 is 0.556 bits per heavy atom. The maximum Gasteiger partial charge on any atom is 0.0462 e. The van der Waals surface area contributed by atoms with E-state index in [4.69, 9.17) is 0 Å². The molecule has 7 aromatic carbocycles. The first-order chi connectivity index (χ1) is 26.0. The fourth-order valence-electron chi connectivity index (χ4n) is 6.79. The third-order valence-electron chi connectivity index (χ3n) is 10.0. The van der Waals surface area contributed by atoms with Crippen LogP contribution in [0.3, 0.4) is 0 Å². The van der Waals surface area contributed by atoms with Crippen molar-refractivity contribution in [1.29, 1.82) is 0 Å². The van der Waals surface area contributed by atoms with Crippen molar-refractivity contribution in [2.24, 2.45) is 0 Å². The predicted molar refractivity (Wildman–Crippen MR) is 234 cm³/mol. The minimum absolute atomic E-state index is 0.101. The van der Waals surface area contributed by atoms with Crippen molar-refractivity contribution < 1.29 is 0 Å². The topological polar surface area (TPSA) is 6.48 Å². The molecule has 0 spiro atoms. The Hall–Kier alpha value is -6.12. The zero-order valence-corrected chi connectivity index (χ0v) is 32.4. The number of para-hydroxylation sites is 2. The van der Waals surface area contributed by atoms with E-state index < -0.39 is 0 Å². The Morgan fingerprint density at radius 3 is 0.889 bits per heavy atom. The number of nitrogens with zero attached hydrogens (tertiary/aromatic N) is 2. The van der Waals surface area contributed by atoms with E-state index in [2.05, 4.69) is 245 Å². The van der Waals surface area contributed by atoms with E-state index in [0.717, 1.165) is 39.7 Å². The number of anilines is 6. The van der Waals surface area contributed by atoms with Crippen LogP contribution in [0.15, 0.2) is 182 Å². The fraction of sp³-hybridized carbons (Fsp3) is 0.154. The Kier molecular flexibility index (Phi) is 10.4.